The van der Waals surface area contributed by atoms with Crippen molar-refractivity contribution in [3.63, 3.8) is 0 Å². The molecule has 5 N–H and O–H groups in total. The van der Waals surface area contributed by atoms with Gasteiger partial charge < -0.3 is 30.9 Å². The lowest BCUT2D eigenvalue weighted by Gasteiger charge is -2.43. The van der Waals surface area contributed by atoms with Crippen molar-refractivity contribution in [1.82, 2.24) is 9.88 Å². The number of rotatable bonds is 10. The number of aliphatic hydroxyl groups is 1. The number of anilines is 1. The Hall–Kier alpha value is -3.89. The second-order valence-corrected chi connectivity index (χ2v) is 12.1. The summed E-state index contributed by atoms with van der Waals surface area (Å²) >= 11 is 4.50. The van der Waals surface area contributed by atoms with Gasteiger partial charge in [-0.25, -0.2) is 0 Å². The molecule has 49 heavy (non-hydrogen) atoms. The summed E-state index contributed by atoms with van der Waals surface area (Å²) < 4.78 is 9.89. The van der Waals surface area contributed by atoms with Crippen molar-refractivity contribution in [2.75, 3.05) is 26.6 Å². The summed E-state index contributed by atoms with van der Waals surface area (Å²) in [6.45, 7) is 6.14. The molecule has 2 aromatic carbocycles. The van der Waals surface area contributed by atoms with Crippen molar-refractivity contribution in [2.45, 2.75) is 83.4 Å². The Morgan fingerprint density at radius 2 is 1.76 bits per heavy atom. The highest BCUT2D eigenvalue weighted by Gasteiger charge is 2.39. The molecule has 2 heterocycles. The van der Waals surface area contributed by atoms with Gasteiger partial charge in [-0.15, -0.1) is 0 Å². The minimum atomic E-state index is -0.582. The van der Waals surface area contributed by atoms with Crippen LogP contribution in [0.25, 0.3) is 11.6 Å². The lowest BCUT2D eigenvalue weighted by Crippen LogP contribution is -2.50. The van der Waals surface area contributed by atoms with Crippen LogP contribution < -0.4 is 22.0 Å². The van der Waals surface area contributed by atoms with E-state index in [1.165, 1.54) is 13.2 Å². The van der Waals surface area contributed by atoms with Crippen LogP contribution in [0.5, 0.6) is 0 Å². The number of hydrogen-bond donors (Lipinski definition) is 4. The van der Waals surface area contributed by atoms with E-state index in [0.717, 1.165) is 72.0 Å². The minimum Gasteiger partial charge on any atom is -0.389 e. The first-order chi connectivity index (χ1) is 23.8. The first-order valence-corrected chi connectivity index (χ1v) is 17.4. The number of carbonyl (C=O) groups excluding carboxylic acids is 1. The molecule has 1 aromatic heterocycles. The fourth-order valence-corrected chi connectivity index (χ4v) is 5.89. The average molecular weight is 694 g/mol. The van der Waals surface area contributed by atoms with Crippen molar-refractivity contribution in [2.24, 2.45) is 18.0 Å². The van der Waals surface area contributed by atoms with E-state index in [1.807, 2.05) is 49.9 Å². The Balaban J connectivity index is 0.000000956. The maximum absolute atomic E-state index is 12.8. The molecule has 1 aliphatic carbocycles. The molecule has 0 spiro atoms. The van der Waals surface area contributed by atoms with Crippen LogP contribution in [-0.4, -0.2) is 43.0 Å². The number of aliphatic hydroxyl groups excluding tert-OH is 1. The molecule has 0 saturated heterocycles. The van der Waals surface area contributed by atoms with Gasteiger partial charge in [0.1, 0.15) is 0 Å². The van der Waals surface area contributed by atoms with Crippen LogP contribution in [0.1, 0.15) is 94.0 Å². The number of aromatic nitrogens is 1. The molecule has 2 unspecified atom stereocenters. The molecule has 9 nitrogen and oxygen atoms in total. The Kier molecular flexibility index (Phi) is 18.5. The zero-order valence-corrected chi connectivity index (χ0v) is 31.0. The molecule has 2 atom stereocenters. The molecule has 0 radical (unpaired) electrons. The number of pyridine rings is 1. The van der Waals surface area contributed by atoms with Gasteiger partial charge in [-0.2, -0.15) is 5.10 Å². The van der Waals surface area contributed by atoms with Gasteiger partial charge in [-0.3, -0.25) is 9.08 Å². The molecule has 1 saturated carbocycles. The van der Waals surface area contributed by atoms with E-state index in [4.69, 9.17) is 5.84 Å². The van der Waals surface area contributed by atoms with Crippen molar-refractivity contribution in [3.8, 4) is 0 Å². The SMILES string of the molecule is CC.CCCCCC(O)/C=C/C(=O)NC1(c2ccc(C3Nc4ccn(C)/c(=N\N)c4C=C3c3ccccc3)cc2)CCC1.COC.COCl. The number of fused-ring (bicyclic) bond motifs is 1. The Labute approximate surface area is 298 Å². The van der Waals surface area contributed by atoms with Crippen LogP contribution in [0.4, 0.5) is 5.69 Å². The number of methoxy groups -OCH3 is 1. The third-order valence-electron chi connectivity index (χ3n) is 8.41. The highest BCUT2D eigenvalue weighted by molar-refractivity contribution is 6.07. The van der Waals surface area contributed by atoms with Gasteiger partial charge in [0.25, 0.3) is 0 Å². The van der Waals surface area contributed by atoms with Gasteiger partial charge in [0, 0.05) is 44.8 Å². The summed E-state index contributed by atoms with van der Waals surface area (Å²) in [5, 5.41) is 21.2. The molecule has 3 aromatic rings. The Morgan fingerprint density at radius 3 is 2.31 bits per heavy atom. The van der Waals surface area contributed by atoms with Gasteiger partial charge in [-0.1, -0.05) is 101 Å². The summed E-state index contributed by atoms with van der Waals surface area (Å²) in [5.41, 5.74) is 6.78. The van der Waals surface area contributed by atoms with Crippen LogP contribution in [0.2, 0.25) is 0 Å². The molecular weight excluding hydrogens is 638 g/mol. The summed E-state index contributed by atoms with van der Waals surface area (Å²) in [6.07, 6.45) is 13.4. The van der Waals surface area contributed by atoms with Gasteiger partial charge >= 0.3 is 0 Å². The number of aryl methyl sites for hydroxylation is 1. The highest BCUT2D eigenvalue weighted by atomic mass is 35.5. The zero-order valence-electron chi connectivity index (χ0n) is 30.2. The van der Waals surface area contributed by atoms with Gasteiger partial charge in [0.2, 0.25) is 5.91 Å². The van der Waals surface area contributed by atoms with E-state index in [2.05, 4.69) is 92.1 Å². The summed E-state index contributed by atoms with van der Waals surface area (Å²) in [7, 11) is 6.58. The number of benzene rings is 2. The topological polar surface area (TPSA) is 123 Å². The number of nitrogens with one attached hydrogen (secondary N) is 2. The van der Waals surface area contributed by atoms with Crippen molar-refractivity contribution in [3.05, 3.63) is 107 Å². The van der Waals surface area contributed by atoms with Crippen LogP contribution in [0.3, 0.4) is 0 Å². The number of carbonyl (C=O) groups is 1. The normalized spacial score (nSPS) is 16.5. The third-order valence-corrected chi connectivity index (χ3v) is 8.41. The molecule has 5 rings (SSSR count). The second-order valence-electron chi connectivity index (χ2n) is 11.8. The number of nitrogens with two attached hydrogens (primary N) is 1. The predicted molar refractivity (Wildman–Crippen MR) is 202 cm³/mol. The van der Waals surface area contributed by atoms with Crippen LogP contribution in [0, 0.1) is 0 Å². The van der Waals surface area contributed by atoms with Crippen LogP contribution in [0.15, 0.2) is 84.1 Å². The number of nitrogens with zero attached hydrogens (tertiary/aromatic N) is 2. The van der Waals surface area contributed by atoms with Gasteiger partial charge in [0.05, 0.1) is 36.7 Å². The standard InChI is InChI=1S/C34H41N5O2.C2H6O.C2H6.CH3ClO/c1-3-4-6-12-27(40)17-18-31(41)37-34(20-9-21-34)26-15-13-25(14-16-26)32-28(24-10-7-5-8-11-24)23-29-30(36-32)19-22-39(2)33(29)38-35;1-3-2;1-2;1-3-2/h5,7-8,10-11,13-19,22-23,27,32,36,40H,3-4,6,9,12,20-21,35H2,1-2H3,(H,37,41);1-2H3;1-2H3;1H3/b18-17+,38-33-;;;. The monoisotopic (exact) mass is 693 g/mol. The molecule has 10 heteroatoms. The van der Waals surface area contributed by atoms with E-state index in [1.54, 1.807) is 20.3 Å². The summed E-state index contributed by atoms with van der Waals surface area (Å²) in [4.78, 5) is 12.8. The zero-order chi connectivity index (χ0) is 36.2. The fourth-order valence-electron chi connectivity index (χ4n) is 5.89. The van der Waals surface area contributed by atoms with Crippen molar-refractivity contribution >= 4 is 35.1 Å². The van der Waals surface area contributed by atoms with Crippen LogP contribution >= 0.6 is 11.9 Å². The molecule has 1 aliphatic heterocycles. The smallest absolute Gasteiger partial charge is 0.244 e. The van der Waals surface area contributed by atoms with E-state index in [9.17, 15) is 9.90 Å². The number of unbranched alkanes of at least 4 members (excludes halogenated alkanes) is 2. The minimum absolute atomic E-state index is 0.0682. The summed E-state index contributed by atoms with van der Waals surface area (Å²) in [6, 6.07) is 20.9. The Morgan fingerprint density at radius 1 is 1.12 bits per heavy atom. The number of hydrogen-bond acceptors (Lipinski definition) is 7. The van der Waals surface area contributed by atoms with E-state index >= 15 is 0 Å². The number of halogens is 1. The fraction of sp³-hybridized carbons (Fsp3) is 0.436. The molecular formula is C39H56ClN5O4. The quantitative estimate of drug-likeness (QED) is 0.0752. The largest absolute Gasteiger partial charge is 0.389 e. The summed E-state index contributed by atoms with van der Waals surface area (Å²) in [5.74, 6) is 5.62. The average Bonchev–Trinajstić information content (AvgIpc) is 3.10. The number of amides is 1. The second kappa shape index (κ2) is 22.0. The van der Waals surface area contributed by atoms with Gasteiger partial charge in [-0.05, 0) is 60.1 Å². The van der Waals surface area contributed by atoms with E-state index in [0.29, 0.717) is 11.9 Å². The van der Waals surface area contributed by atoms with Gasteiger partial charge in [0.15, 0.2) is 5.49 Å². The van der Waals surface area contributed by atoms with E-state index < -0.39 is 6.10 Å². The highest BCUT2D eigenvalue weighted by Crippen LogP contribution is 2.43. The lowest BCUT2D eigenvalue weighted by atomic mass is 9.71. The predicted octanol–water partition coefficient (Wildman–Crippen LogP) is 7.58. The molecule has 268 valence electrons. The molecule has 2 aliphatic rings. The molecule has 0 bridgehead atoms. The third kappa shape index (κ3) is 11.6. The molecule has 1 amide bonds. The maximum atomic E-state index is 12.8. The first kappa shape index (κ1) is 41.3. The number of ether oxygens (including phenoxy) is 1. The molecule has 1 fully saturated rings. The van der Waals surface area contributed by atoms with Crippen molar-refractivity contribution < 1.29 is 18.9 Å². The van der Waals surface area contributed by atoms with Crippen LogP contribution in [-0.2, 0) is 26.4 Å². The Bertz CT molecular complexity index is 1530. The lowest BCUT2D eigenvalue weighted by molar-refractivity contribution is -0.119. The van der Waals surface area contributed by atoms with Crippen molar-refractivity contribution in [1.29, 1.82) is 0 Å². The maximum Gasteiger partial charge on any atom is 0.244 e. The van der Waals surface area contributed by atoms with E-state index in [-0.39, 0.29) is 17.5 Å². The first-order valence-electron chi connectivity index (χ1n) is 17.1.